The quantitative estimate of drug-likeness (QED) is 0.787. The number of carbonyl (C=O) groups is 1. The molecule has 0 aliphatic heterocycles. The molecule has 0 heterocycles. The lowest BCUT2D eigenvalue weighted by atomic mass is 10.1. The summed E-state index contributed by atoms with van der Waals surface area (Å²) in [5.74, 6) is -1.25. The van der Waals surface area contributed by atoms with Crippen molar-refractivity contribution in [3.05, 3.63) is 23.8 Å². The number of Topliss-reactive ketones (excluding diaryl/α,β-unsaturated/α-hetero) is 1. The maximum Gasteiger partial charge on any atom is 0.387 e. The molecular weight excluding hydrogens is 206 g/mol. The van der Waals surface area contributed by atoms with Gasteiger partial charge in [0.05, 0.1) is 5.56 Å². The van der Waals surface area contributed by atoms with E-state index in [2.05, 4.69) is 4.74 Å². The van der Waals surface area contributed by atoms with Crippen molar-refractivity contribution in [3.63, 3.8) is 0 Å². The second-order valence-electron chi connectivity index (χ2n) is 2.81. The summed E-state index contributed by atoms with van der Waals surface area (Å²) in [7, 11) is 0. The Labute approximate surface area is 85.3 Å². The molecule has 0 fully saturated rings. The summed E-state index contributed by atoms with van der Waals surface area (Å²) in [6.07, 6.45) is 0.186. The Hall–Kier alpha value is -1.65. The number of rotatable bonds is 4. The minimum Gasteiger partial charge on any atom is -0.504 e. The molecule has 0 aliphatic rings. The first-order valence-corrected chi connectivity index (χ1v) is 4.36. The van der Waals surface area contributed by atoms with E-state index in [1.165, 1.54) is 18.2 Å². The molecular formula is C10H10F2O3. The third-order valence-corrected chi connectivity index (χ3v) is 1.84. The van der Waals surface area contributed by atoms with Gasteiger partial charge in [-0.1, -0.05) is 13.0 Å². The van der Waals surface area contributed by atoms with Gasteiger partial charge in [-0.15, -0.1) is 0 Å². The Morgan fingerprint density at radius 3 is 2.73 bits per heavy atom. The largest absolute Gasteiger partial charge is 0.504 e. The molecule has 0 radical (unpaired) electrons. The fraction of sp³-hybridized carbons (Fsp3) is 0.300. The molecule has 82 valence electrons. The van der Waals surface area contributed by atoms with Crippen LogP contribution in [0.3, 0.4) is 0 Å². The maximum absolute atomic E-state index is 11.9. The number of para-hydroxylation sites is 1. The molecule has 1 N–H and O–H groups in total. The van der Waals surface area contributed by atoms with Gasteiger partial charge in [-0.2, -0.15) is 8.78 Å². The van der Waals surface area contributed by atoms with E-state index in [1.54, 1.807) is 6.92 Å². The molecule has 0 atom stereocenters. The highest BCUT2D eigenvalue weighted by Gasteiger charge is 2.15. The zero-order chi connectivity index (χ0) is 11.4. The number of phenolic OH excluding ortho intramolecular Hbond substituents is 1. The summed E-state index contributed by atoms with van der Waals surface area (Å²) >= 11 is 0. The van der Waals surface area contributed by atoms with Gasteiger partial charge in [0.25, 0.3) is 0 Å². The molecule has 0 saturated heterocycles. The first-order chi connectivity index (χ1) is 7.06. The SMILES string of the molecule is CCC(=O)c1cccc(OC(F)F)c1O. The summed E-state index contributed by atoms with van der Waals surface area (Å²) in [4.78, 5) is 11.3. The average molecular weight is 216 g/mol. The highest BCUT2D eigenvalue weighted by molar-refractivity contribution is 5.99. The van der Waals surface area contributed by atoms with Gasteiger partial charge in [0.15, 0.2) is 17.3 Å². The summed E-state index contributed by atoms with van der Waals surface area (Å²) in [6.45, 7) is -1.41. The summed E-state index contributed by atoms with van der Waals surface area (Å²) in [5.41, 5.74) is -0.00403. The lowest BCUT2D eigenvalue weighted by Gasteiger charge is -2.08. The van der Waals surface area contributed by atoms with Crippen LogP contribution in [0.5, 0.6) is 11.5 Å². The zero-order valence-electron chi connectivity index (χ0n) is 8.04. The number of phenols is 1. The van der Waals surface area contributed by atoms with Crippen LogP contribution in [0.4, 0.5) is 8.78 Å². The Morgan fingerprint density at radius 1 is 1.53 bits per heavy atom. The topological polar surface area (TPSA) is 46.5 Å². The van der Waals surface area contributed by atoms with E-state index in [-0.39, 0.29) is 23.5 Å². The van der Waals surface area contributed by atoms with E-state index in [1.807, 2.05) is 0 Å². The molecule has 0 unspecified atom stereocenters. The molecule has 0 saturated carbocycles. The van der Waals surface area contributed by atoms with Crippen LogP contribution in [-0.2, 0) is 0 Å². The number of hydrogen-bond donors (Lipinski definition) is 1. The highest BCUT2D eigenvalue weighted by Crippen LogP contribution is 2.31. The first-order valence-electron chi connectivity index (χ1n) is 4.36. The Bertz CT molecular complexity index is 364. The fourth-order valence-corrected chi connectivity index (χ4v) is 1.13. The van der Waals surface area contributed by atoms with Crippen LogP contribution in [0, 0.1) is 0 Å². The van der Waals surface area contributed by atoms with Crippen molar-refractivity contribution in [2.24, 2.45) is 0 Å². The molecule has 5 heteroatoms. The van der Waals surface area contributed by atoms with Gasteiger partial charge in [0.1, 0.15) is 0 Å². The number of ketones is 1. The average Bonchev–Trinajstić information content (AvgIpc) is 2.19. The monoisotopic (exact) mass is 216 g/mol. The number of benzene rings is 1. The van der Waals surface area contributed by atoms with Crippen LogP contribution >= 0.6 is 0 Å². The van der Waals surface area contributed by atoms with E-state index in [4.69, 9.17) is 0 Å². The second-order valence-corrected chi connectivity index (χ2v) is 2.81. The molecule has 0 spiro atoms. The van der Waals surface area contributed by atoms with Crippen LogP contribution in [0.15, 0.2) is 18.2 Å². The normalized spacial score (nSPS) is 10.4. The predicted molar refractivity (Wildman–Crippen MR) is 49.4 cm³/mol. The van der Waals surface area contributed by atoms with Crippen molar-refractivity contribution in [1.29, 1.82) is 0 Å². The van der Waals surface area contributed by atoms with Crippen molar-refractivity contribution in [1.82, 2.24) is 0 Å². The number of halogens is 2. The van der Waals surface area contributed by atoms with Crippen molar-refractivity contribution in [3.8, 4) is 11.5 Å². The number of hydrogen-bond acceptors (Lipinski definition) is 3. The molecule has 3 nitrogen and oxygen atoms in total. The van der Waals surface area contributed by atoms with Gasteiger partial charge >= 0.3 is 6.61 Å². The van der Waals surface area contributed by atoms with E-state index in [0.717, 1.165) is 0 Å². The second kappa shape index (κ2) is 4.72. The van der Waals surface area contributed by atoms with Crippen LogP contribution in [0.2, 0.25) is 0 Å². The first kappa shape index (κ1) is 11.4. The maximum atomic E-state index is 11.9. The third-order valence-electron chi connectivity index (χ3n) is 1.84. The van der Waals surface area contributed by atoms with Crippen molar-refractivity contribution in [2.75, 3.05) is 0 Å². The van der Waals surface area contributed by atoms with Gasteiger partial charge in [-0.3, -0.25) is 4.79 Å². The molecule has 0 bridgehead atoms. The highest BCUT2D eigenvalue weighted by atomic mass is 19.3. The smallest absolute Gasteiger partial charge is 0.387 e. The number of ether oxygens (including phenoxy) is 1. The van der Waals surface area contributed by atoms with Gasteiger partial charge in [0, 0.05) is 6.42 Å². The molecule has 0 aliphatic carbocycles. The van der Waals surface area contributed by atoms with Gasteiger partial charge < -0.3 is 9.84 Å². The van der Waals surface area contributed by atoms with Crippen molar-refractivity contribution < 1.29 is 23.4 Å². The van der Waals surface area contributed by atoms with E-state index >= 15 is 0 Å². The summed E-state index contributed by atoms with van der Waals surface area (Å²) in [5, 5.41) is 9.46. The lowest BCUT2D eigenvalue weighted by Crippen LogP contribution is -2.04. The molecule has 0 amide bonds. The Kier molecular flexibility index (Phi) is 3.60. The van der Waals surface area contributed by atoms with Crippen LogP contribution < -0.4 is 4.74 Å². The van der Waals surface area contributed by atoms with Crippen molar-refractivity contribution >= 4 is 5.78 Å². The number of carbonyl (C=O) groups excluding carboxylic acids is 1. The molecule has 0 aromatic heterocycles. The minimum absolute atomic E-state index is 0.00403. The Morgan fingerprint density at radius 2 is 2.20 bits per heavy atom. The summed E-state index contributed by atoms with van der Waals surface area (Å²) in [6, 6.07) is 3.91. The molecule has 1 aromatic rings. The standard InChI is InChI=1S/C10H10F2O3/c1-2-7(13)6-4-3-5-8(9(6)14)15-10(11)12/h3-5,10,14H,2H2,1H3. The number of alkyl halides is 2. The van der Waals surface area contributed by atoms with Gasteiger partial charge in [-0.05, 0) is 12.1 Å². The predicted octanol–water partition coefficient (Wildman–Crippen LogP) is 2.59. The van der Waals surface area contributed by atoms with Crippen LogP contribution in [0.25, 0.3) is 0 Å². The lowest BCUT2D eigenvalue weighted by molar-refractivity contribution is -0.0513. The molecule has 1 rings (SSSR count). The van der Waals surface area contributed by atoms with Crippen LogP contribution in [-0.4, -0.2) is 17.5 Å². The number of aromatic hydroxyl groups is 1. The molecule has 1 aromatic carbocycles. The zero-order valence-corrected chi connectivity index (χ0v) is 8.04. The summed E-state index contributed by atoms with van der Waals surface area (Å²) < 4.78 is 27.8. The molecule has 15 heavy (non-hydrogen) atoms. The van der Waals surface area contributed by atoms with E-state index < -0.39 is 12.4 Å². The van der Waals surface area contributed by atoms with Crippen molar-refractivity contribution in [2.45, 2.75) is 20.0 Å². The fourth-order valence-electron chi connectivity index (χ4n) is 1.13. The van der Waals surface area contributed by atoms with E-state index in [9.17, 15) is 18.7 Å². The van der Waals surface area contributed by atoms with E-state index in [0.29, 0.717) is 0 Å². The van der Waals surface area contributed by atoms with Crippen LogP contribution in [0.1, 0.15) is 23.7 Å². The van der Waals surface area contributed by atoms with Gasteiger partial charge in [0.2, 0.25) is 0 Å². The van der Waals surface area contributed by atoms with Gasteiger partial charge in [-0.25, -0.2) is 0 Å². The third kappa shape index (κ3) is 2.65. The minimum atomic E-state index is -3.03. The Balaban J connectivity index is 3.05.